The predicted octanol–water partition coefficient (Wildman–Crippen LogP) is 2.58. The molecule has 3 aliphatic rings. The summed E-state index contributed by atoms with van der Waals surface area (Å²) in [6.45, 7) is 4.57. The van der Waals surface area contributed by atoms with Crippen molar-refractivity contribution >= 4 is 5.91 Å². The zero-order valence-electron chi connectivity index (χ0n) is 10.4. The second-order valence-corrected chi connectivity index (χ2v) is 6.52. The second-order valence-electron chi connectivity index (χ2n) is 6.52. The van der Waals surface area contributed by atoms with Crippen molar-refractivity contribution in [2.45, 2.75) is 52.0 Å². The minimum atomic E-state index is 0.365. The molecule has 1 N–H and O–H groups in total. The molecule has 2 nitrogen and oxygen atoms in total. The lowest BCUT2D eigenvalue weighted by Crippen LogP contribution is -2.46. The maximum Gasteiger partial charge on any atom is 0.223 e. The molecule has 3 saturated carbocycles. The van der Waals surface area contributed by atoms with Crippen molar-refractivity contribution in [3.63, 3.8) is 0 Å². The van der Waals surface area contributed by atoms with Crippen molar-refractivity contribution in [2.75, 3.05) is 0 Å². The standard InChI is InChI=1S/C14H23NO/c1-8(2)10-5-11(6-10)15-14(16)13-7-12(13)9-3-4-9/h8-13H,3-7H2,1-2H3,(H,15,16)/t10?,11?,12-,13+/m0/s1. The molecule has 0 spiro atoms. The van der Waals surface area contributed by atoms with Gasteiger partial charge < -0.3 is 5.32 Å². The minimum Gasteiger partial charge on any atom is -0.353 e. The van der Waals surface area contributed by atoms with Gasteiger partial charge in [-0.15, -0.1) is 0 Å². The van der Waals surface area contributed by atoms with Gasteiger partial charge in [0.2, 0.25) is 5.91 Å². The Labute approximate surface area is 98.2 Å². The van der Waals surface area contributed by atoms with Crippen molar-refractivity contribution in [1.82, 2.24) is 5.32 Å². The van der Waals surface area contributed by atoms with E-state index in [1.54, 1.807) is 0 Å². The molecule has 0 unspecified atom stereocenters. The van der Waals surface area contributed by atoms with E-state index < -0.39 is 0 Å². The topological polar surface area (TPSA) is 29.1 Å². The van der Waals surface area contributed by atoms with Crippen LogP contribution in [-0.2, 0) is 4.79 Å². The summed E-state index contributed by atoms with van der Waals surface area (Å²) in [5.41, 5.74) is 0. The average Bonchev–Trinajstić information content (AvgIpc) is 2.99. The van der Waals surface area contributed by atoms with Gasteiger partial charge in [0.25, 0.3) is 0 Å². The maximum atomic E-state index is 11.9. The number of hydrogen-bond donors (Lipinski definition) is 1. The number of carbonyl (C=O) groups is 1. The molecular weight excluding hydrogens is 198 g/mol. The molecule has 90 valence electrons. The molecular formula is C14H23NO. The SMILES string of the molecule is CC(C)C1CC(NC(=O)[C@@H]2C[C@H]2C2CC2)C1. The smallest absolute Gasteiger partial charge is 0.223 e. The Kier molecular flexibility index (Phi) is 2.49. The van der Waals surface area contributed by atoms with Crippen molar-refractivity contribution in [1.29, 1.82) is 0 Å². The second kappa shape index (κ2) is 3.75. The Hall–Kier alpha value is -0.530. The van der Waals surface area contributed by atoms with E-state index in [0.717, 1.165) is 23.7 Å². The highest BCUT2D eigenvalue weighted by atomic mass is 16.2. The van der Waals surface area contributed by atoms with Crippen LogP contribution in [0.2, 0.25) is 0 Å². The van der Waals surface area contributed by atoms with Crippen LogP contribution < -0.4 is 5.32 Å². The van der Waals surface area contributed by atoms with Crippen LogP contribution in [0.3, 0.4) is 0 Å². The van der Waals surface area contributed by atoms with Crippen LogP contribution >= 0.6 is 0 Å². The van der Waals surface area contributed by atoms with E-state index >= 15 is 0 Å². The molecule has 0 heterocycles. The van der Waals surface area contributed by atoms with Gasteiger partial charge in [-0.2, -0.15) is 0 Å². The van der Waals surface area contributed by atoms with E-state index in [2.05, 4.69) is 19.2 Å². The Morgan fingerprint density at radius 3 is 2.44 bits per heavy atom. The maximum absolute atomic E-state index is 11.9. The summed E-state index contributed by atoms with van der Waals surface area (Å²) in [6.07, 6.45) is 6.37. The van der Waals surface area contributed by atoms with E-state index in [9.17, 15) is 4.79 Å². The minimum absolute atomic E-state index is 0.365. The van der Waals surface area contributed by atoms with Gasteiger partial charge in [-0.3, -0.25) is 4.79 Å². The van der Waals surface area contributed by atoms with Gasteiger partial charge in [0.15, 0.2) is 0 Å². The molecule has 0 aliphatic heterocycles. The van der Waals surface area contributed by atoms with Crippen molar-refractivity contribution in [2.24, 2.45) is 29.6 Å². The molecule has 3 rings (SSSR count). The Balaban J connectivity index is 1.38. The number of carbonyl (C=O) groups excluding carboxylic acids is 1. The van der Waals surface area contributed by atoms with Gasteiger partial charge >= 0.3 is 0 Å². The molecule has 3 aliphatic carbocycles. The zero-order chi connectivity index (χ0) is 11.3. The quantitative estimate of drug-likeness (QED) is 0.776. The number of nitrogens with one attached hydrogen (secondary N) is 1. The van der Waals surface area contributed by atoms with Gasteiger partial charge in [0.1, 0.15) is 0 Å². The first-order valence-corrected chi connectivity index (χ1v) is 6.95. The summed E-state index contributed by atoms with van der Waals surface area (Å²) in [4.78, 5) is 11.9. The third-order valence-corrected chi connectivity index (χ3v) is 4.87. The van der Waals surface area contributed by atoms with E-state index in [0.29, 0.717) is 17.9 Å². The van der Waals surface area contributed by atoms with Crippen molar-refractivity contribution in [3.05, 3.63) is 0 Å². The first-order chi connectivity index (χ1) is 7.65. The Bertz CT molecular complexity index is 289. The van der Waals surface area contributed by atoms with E-state index in [-0.39, 0.29) is 0 Å². The fourth-order valence-corrected chi connectivity index (χ4v) is 3.19. The van der Waals surface area contributed by atoms with Crippen LogP contribution in [0.5, 0.6) is 0 Å². The zero-order valence-corrected chi connectivity index (χ0v) is 10.4. The summed E-state index contributed by atoms with van der Waals surface area (Å²) in [6, 6.07) is 0.500. The third kappa shape index (κ3) is 1.99. The lowest BCUT2D eigenvalue weighted by molar-refractivity contribution is -0.124. The molecule has 1 amide bonds. The molecule has 0 bridgehead atoms. The monoisotopic (exact) mass is 221 g/mol. The fraction of sp³-hybridized carbons (Fsp3) is 0.929. The largest absolute Gasteiger partial charge is 0.353 e. The molecule has 0 saturated heterocycles. The normalized spacial score (nSPS) is 41.7. The average molecular weight is 221 g/mol. The summed E-state index contributed by atoms with van der Waals surface area (Å²) in [5.74, 6) is 4.08. The molecule has 3 fully saturated rings. The predicted molar refractivity (Wildman–Crippen MR) is 63.8 cm³/mol. The van der Waals surface area contributed by atoms with Gasteiger partial charge in [-0.05, 0) is 55.8 Å². The molecule has 16 heavy (non-hydrogen) atoms. The summed E-state index contributed by atoms with van der Waals surface area (Å²) in [5, 5.41) is 3.24. The van der Waals surface area contributed by atoms with E-state index in [1.807, 2.05) is 0 Å². The van der Waals surface area contributed by atoms with E-state index in [1.165, 1.54) is 32.1 Å². The number of rotatable bonds is 4. The van der Waals surface area contributed by atoms with Crippen LogP contribution in [-0.4, -0.2) is 11.9 Å². The van der Waals surface area contributed by atoms with Gasteiger partial charge in [-0.1, -0.05) is 13.8 Å². The highest BCUT2D eigenvalue weighted by Gasteiger charge is 2.51. The first kappa shape index (κ1) is 10.6. The third-order valence-electron chi connectivity index (χ3n) is 4.87. The van der Waals surface area contributed by atoms with Crippen LogP contribution in [0, 0.1) is 29.6 Å². The summed E-state index contributed by atoms with van der Waals surface area (Å²) < 4.78 is 0. The summed E-state index contributed by atoms with van der Waals surface area (Å²) in [7, 11) is 0. The highest BCUT2D eigenvalue weighted by molar-refractivity contribution is 5.82. The first-order valence-electron chi connectivity index (χ1n) is 6.95. The van der Waals surface area contributed by atoms with Crippen molar-refractivity contribution in [3.8, 4) is 0 Å². The van der Waals surface area contributed by atoms with Gasteiger partial charge in [0, 0.05) is 12.0 Å². The highest BCUT2D eigenvalue weighted by Crippen LogP contribution is 2.54. The Morgan fingerprint density at radius 2 is 1.88 bits per heavy atom. The lowest BCUT2D eigenvalue weighted by Gasteiger charge is -2.38. The fourth-order valence-electron chi connectivity index (χ4n) is 3.19. The number of amides is 1. The van der Waals surface area contributed by atoms with Crippen LogP contribution in [0.4, 0.5) is 0 Å². The molecule has 2 atom stereocenters. The molecule has 0 aromatic carbocycles. The van der Waals surface area contributed by atoms with Gasteiger partial charge in [-0.25, -0.2) is 0 Å². The molecule has 0 aromatic heterocycles. The van der Waals surface area contributed by atoms with Crippen LogP contribution in [0.1, 0.15) is 46.0 Å². The number of hydrogen-bond acceptors (Lipinski definition) is 1. The van der Waals surface area contributed by atoms with Gasteiger partial charge in [0.05, 0.1) is 0 Å². The van der Waals surface area contributed by atoms with Crippen molar-refractivity contribution < 1.29 is 4.79 Å². The summed E-state index contributed by atoms with van der Waals surface area (Å²) >= 11 is 0. The molecule has 2 heteroatoms. The van der Waals surface area contributed by atoms with Crippen LogP contribution in [0.15, 0.2) is 0 Å². The van der Waals surface area contributed by atoms with E-state index in [4.69, 9.17) is 0 Å². The lowest BCUT2D eigenvalue weighted by atomic mass is 9.73. The molecule has 0 radical (unpaired) electrons. The van der Waals surface area contributed by atoms with Crippen LogP contribution in [0.25, 0.3) is 0 Å². The molecule has 0 aromatic rings. The Morgan fingerprint density at radius 1 is 1.19 bits per heavy atom.